The van der Waals surface area contributed by atoms with Gasteiger partial charge in [0.05, 0.1) is 6.10 Å². The molecule has 3 atom stereocenters. The molecule has 1 fully saturated rings. The Kier molecular flexibility index (Phi) is 9.63. The smallest absolute Gasteiger partial charge is 0.143 e. The Balaban J connectivity index is 2.02. The predicted octanol–water partition coefficient (Wildman–Crippen LogP) is 4.65. The van der Waals surface area contributed by atoms with E-state index < -0.39 is 6.10 Å². The van der Waals surface area contributed by atoms with Crippen LogP contribution in [0.15, 0.2) is 0 Å². The molecule has 1 aliphatic rings. The first-order chi connectivity index (χ1) is 11.4. The van der Waals surface area contributed by atoms with Crippen LogP contribution in [-0.4, -0.2) is 29.2 Å². The van der Waals surface area contributed by atoms with Gasteiger partial charge in [0.2, 0.25) is 0 Å². The highest BCUT2D eigenvalue weighted by atomic mass is 16.6. The second-order valence-electron chi connectivity index (χ2n) is 7.76. The van der Waals surface area contributed by atoms with E-state index in [-0.39, 0.29) is 23.4 Å². The van der Waals surface area contributed by atoms with Crippen molar-refractivity contribution in [2.45, 2.75) is 110 Å². The summed E-state index contributed by atoms with van der Waals surface area (Å²) in [6.45, 7) is 7.92. The number of epoxide rings is 1. The first kappa shape index (κ1) is 21.2. The summed E-state index contributed by atoms with van der Waals surface area (Å²) in [6.07, 6.45) is 10.5. The Bertz CT molecular complexity index is 430. The van der Waals surface area contributed by atoms with Gasteiger partial charge in [-0.1, -0.05) is 65.2 Å². The third-order valence-electron chi connectivity index (χ3n) is 5.08. The molecule has 3 unspecified atom stereocenters. The van der Waals surface area contributed by atoms with E-state index in [0.717, 1.165) is 44.9 Å². The van der Waals surface area contributed by atoms with Crippen molar-refractivity contribution in [2.75, 3.05) is 0 Å². The van der Waals surface area contributed by atoms with E-state index in [1.54, 1.807) is 6.92 Å². The molecule has 1 rings (SSSR count). The van der Waals surface area contributed by atoms with Crippen LogP contribution in [0.2, 0.25) is 0 Å². The summed E-state index contributed by atoms with van der Waals surface area (Å²) in [5, 5.41) is 9.97. The van der Waals surface area contributed by atoms with Crippen LogP contribution >= 0.6 is 0 Å². The van der Waals surface area contributed by atoms with Gasteiger partial charge in [-0.2, -0.15) is 0 Å². The highest BCUT2D eigenvalue weighted by Gasteiger charge is 2.42. The standard InChI is InChI=1S/C21H36O3/c1-5-6-11-15-19-20(24-19)18(23)14-12-9-7-8-10-13-16-21(3,4)17(2)22/h18-20,23H,5-11,13,15-16H2,1-4H3. The quantitative estimate of drug-likeness (QED) is 0.320. The van der Waals surface area contributed by atoms with Crippen LogP contribution in [0.1, 0.15) is 91.9 Å². The number of aliphatic hydroxyl groups is 1. The van der Waals surface area contributed by atoms with Gasteiger partial charge in [0.25, 0.3) is 0 Å². The molecule has 0 bridgehead atoms. The molecule has 0 aliphatic carbocycles. The van der Waals surface area contributed by atoms with Crippen molar-refractivity contribution in [1.82, 2.24) is 0 Å². The molecule has 0 aromatic heterocycles. The fourth-order valence-electron chi connectivity index (χ4n) is 2.83. The first-order valence-corrected chi connectivity index (χ1v) is 9.71. The first-order valence-electron chi connectivity index (χ1n) is 9.71. The summed E-state index contributed by atoms with van der Waals surface area (Å²) < 4.78 is 5.51. The minimum absolute atomic E-state index is 0.0526. The van der Waals surface area contributed by atoms with E-state index in [4.69, 9.17) is 4.74 Å². The summed E-state index contributed by atoms with van der Waals surface area (Å²) in [5.41, 5.74) is -0.179. The van der Waals surface area contributed by atoms with Crippen molar-refractivity contribution < 1.29 is 14.6 Å². The number of carbonyl (C=O) groups is 1. The molecular weight excluding hydrogens is 300 g/mol. The third-order valence-corrected chi connectivity index (χ3v) is 5.08. The molecule has 3 nitrogen and oxygen atoms in total. The Morgan fingerprint density at radius 1 is 1.17 bits per heavy atom. The lowest BCUT2D eigenvalue weighted by atomic mass is 9.83. The Morgan fingerprint density at radius 2 is 1.88 bits per heavy atom. The lowest BCUT2D eigenvalue weighted by Gasteiger charge is -2.20. The highest BCUT2D eigenvalue weighted by Crippen LogP contribution is 2.30. The molecule has 0 spiro atoms. The summed E-state index contributed by atoms with van der Waals surface area (Å²) in [6, 6.07) is 0. The van der Waals surface area contributed by atoms with Gasteiger partial charge in [-0.15, -0.1) is 5.92 Å². The molecule has 0 radical (unpaired) electrons. The highest BCUT2D eigenvalue weighted by molar-refractivity contribution is 5.81. The lowest BCUT2D eigenvalue weighted by molar-refractivity contribution is -0.125. The van der Waals surface area contributed by atoms with Crippen LogP contribution in [0.25, 0.3) is 0 Å². The zero-order valence-electron chi connectivity index (χ0n) is 16.1. The molecule has 1 N–H and O–H groups in total. The summed E-state index contributed by atoms with van der Waals surface area (Å²) in [5.74, 6) is 6.29. The van der Waals surface area contributed by atoms with E-state index in [2.05, 4.69) is 18.8 Å². The molecule has 3 heteroatoms. The normalized spacial score (nSPS) is 21.0. The third kappa shape index (κ3) is 8.31. The number of Topliss-reactive ketones (excluding diaryl/α,β-unsaturated/α-hetero) is 1. The van der Waals surface area contributed by atoms with E-state index >= 15 is 0 Å². The number of unbranched alkanes of at least 4 members (excludes halogenated alkanes) is 6. The minimum atomic E-state index is -0.618. The maximum atomic E-state index is 11.4. The molecule has 0 amide bonds. The number of ketones is 1. The van der Waals surface area contributed by atoms with E-state index in [1.807, 2.05) is 13.8 Å². The number of aliphatic hydroxyl groups excluding tert-OH is 1. The molecule has 0 aromatic carbocycles. The fourth-order valence-corrected chi connectivity index (χ4v) is 2.83. The van der Waals surface area contributed by atoms with Gasteiger partial charge in [-0.25, -0.2) is 0 Å². The molecule has 1 aliphatic heterocycles. The summed E-state index contributed by atoms with van der Waals surface area (Å²) >= 11 is 0. The maximum absolute atomic E-state index is 11.4. The largest absolute Gasteiger partial charge is 0.378 e. The van der Waals surface area contributed by atoms with Crippen LogP contribution in [0, 0.1) is 17.3 Å². The van der Waals surface area contributed by atoms with Crippen LogP contribution in [0.5, 0.6) is 0 Å². The van der Waals surface area contributed by atoms with E-state index in [0.29, 0.717) is 0 Å². The topological polar surface area (TPSA) is 49.8 Å². The van der Waals surface area contributed by atoms with Gasteiger partial charge in [-0.05, 0) is 26.2 Å². The summed E-state index contributed by atoms with van der Waals surface area (Å²) in [4.78, 5) is 11.4. The Labute approximate surface area is 148 Å². The molecule has 138 valence electrons. The number of rotatable bonds is 12. The van der Waals surface area contributed by atoms with Crippen LogP contribution in [0.4, 0.5) is 0 Å². The molecule has 0 aromatic rings. The number of hydrogen-bond acceptors (Lipinski definition) is 3. The van der Waals surface area contributed by atoms with Gasteiger partial charge < -0.3 is 9.84 Å². The molecule has 1 heterocycles. The van der Waals surface area contributed by atoms with Gasteiger partial charge >= 0.3 is 0 Å². The number of carbonyl (C=O) groups excluding carboxylic acids is 1. The number of ether oxygens (including phenoxy) is 1. The molecular formula is C21H36O3. The summed E-state index contributed by atoms with van der Waals surface area (Å²) in [7, 11) is 0. The van der Waals surface area contributed by atoms with Crippen molar-refractivity contribution >= 4 is 5.78 Å². The van der Waals surface area contributed by atoms with Crippen molar-refractivity contribution in [3.63, 3.8) is 0 Å². The fraction of sp³-hybridized carbons (Fsp3) is 0.857. The second-order valence-corrected chi connectivity index (χ2v) is 7.76. The van der Waals surface area contributed by atoms with Crippen LogP contribution in [0.3, 0.4) is 0 Å². The van der Waals surface area contributed by atoms with Crippen molar-refractivity contribution in [3.05, 3.63) is 0 Å². The molecule has 24 heavy (non-hydrogen) atoms. The van der Waals surface area contributed by atoms with Gasteiger partial charge in [0.1, 0.15) is 18.0 Å². The SMILES string of the molecule is CCCCCC1OC1C(O)C#CCCCCCCC(C)(C)C(C)=O. The predicted molar refractivity (Wildman–Crippen MR) is 98.7 cm³/mol. The van der Waals surface area contributed by atoms with E-state index in [1.165, 1.54) is 19.3 Å². The Morgan fingerprint density at radius 3 is 2.54 bits per heavy atom. The second kappa shape index (κ2) is 10.9. The zero-order chi connectivity index (χ0) is 18.0. The van der Waals surface area contributed by atoms with Gasteiger partial charge in [0, 0.05) is 11.8 Å². The molecule has 0 saturated carbocycles. The Hall–Kier alpha value is -0.850. The van der Waals surface area contributed by atoms with Gasteiger partial charge in [0.15, 0.2) is 0 Å². The molecule has 1 saturated heterocycles. The van der Waals surface area contributed by atoms with Gasteiger partial charge in [-0.3, -0.25) is 4.79 Å². The van der Waals surface area contributed by atoms with Crippen molar-refractivity contribution in [3.8, 4) is 11.8 Å². The zero-order valence-corrected chi connectivity index (χ0v) is 16.1. The number of hydrogen-bond donors (Lipinski definition) is 1. The average molecular weight is 337 g/mol. The lowest BCUT2D eigenvalue weighted by Crippen LogP contribution is -2.20. The van der Waals surface area contributed by atoms with Crippen LogP contribution in [-0.2, 0) is 9.53 Å². The van der Waals surface area contributed by atoms with Crippen molar-refractivity contribution in [1.29, 1.82) is 0 Å². The maximum Gasteiger partial charge on any atom is 0.143 e. The minimum Gasteiger partial charge on any atom is -0.378 e. The average Bonchev–Trinajstić information content (AvgIpc) is 3.29. The monoisotopic (exact) mass is 336 g/mol. The van der Waals surface area contributed by atoms with Crippen molar-refractivity contribution in [2.24, 2.45) is 5.41 Å². The van der Waals surface area contributed by atoms with Crippen LogP contribution < -0.4 is 0 Å². The van der Waals surface area contributed by atoms with E-state index in [9.17, 15) is 9.90 Å².